The summed E-state index contributed by atoms with van der Waals surface area (Å²) >= 11 is 3.46. The molecule has 0 bridgehead atoms. The van der Waals surface area contributed by atoms with Gasteiger partial charge in [0.05, 0.1) is 22.5 Å². The molecular formula is C13H23BrN2O. The van der Waals surface area contributed by atoms with Crippen molar-refractivity contribution in [3.63, 3.8) is 0 Å². The number of halogens is 1. The first-order valence-electron chi connectivity index (χ1n) is 6.16. The van der Waals surface area contributed by atoms with E-state index in [0.29, 0.717) is 5.92 Å². The second-order valence-electron chi connectivity index (χ2n) is 5.71. The van der Waals surface area contributed by atoms with Gasteiger partial charge < -0.3 is 5.11 Å². The highest BCUT2D eigenvalue weighted by molar-refractivity contribution is 9.10. The van der Waals surface area contributed by atoms with Crippen LogP contribution in [0, 0.1) is 11.3 Å². The fourth-order valence-electron chi connectivity index (χ4n) is 1.76. The van der Waals surface area contributed by atoms with E-state index < -0.39 is 6.10 Å². The van der Waals surface area contributed by atoms with Gasteiger partial charge in [0.15, 0.2) is 0 Å². The van der Waals surface area contributed by atoms with Gasteiger partial charge in [-0.1, -0.05) is 27.7 Å². The number of aryl methyl sites for hydroxylation is 1. The van der Waals surface area contributed by atoms with Crippen molar-refractivity contribution in [3.8, 4) is 0 Å². The van der Waals surface area contributed by atoms with Crippen LogP contribution in [0.1, 0.15) is 52.8 Å². The van der Waals surface area contributed by atoms with Crippen LogP contribution in [0.5, 0.6) is 0 Å². The lowest BCUT2D eigenvalue weighted by Gasteiger charge is -2.29. The molecule has 1 N–H and O–H groups in total. The summed E-state index contributed by atoms with van der Waals surface area (Å²) in [7, 11) is 0. The second kappa shape index (κ2) is 5.53. The number of hydrogen-bond acceptors (Lipinski definition) is 2. The first-order chi connectivity index (χ1) is 7.77. The summed E-state index contributed by atoms with van der Waals surface area (Å²) in [5, 5.41) is 14.6. The SMILES string of the molecule is CCn1ncc(Br)c1C(O)CC(C)C(C)(C)C. The molecule has 0 radical (unpaired) electrons. The van der Waals surface area contributed by atoms with Crippen LogP contribution in [0.15, 0.2) is 10.7 Å². The van der Waals surface area contributed by atoms with Gasteiger partial charge in [-0.2, -0.15) is 5.10 Å². The van der Waals surface area contributed by atoms with Crippen molar-refractivity contribution < 1.29 is 5.11 Å². The van der Waals surface area contributed by atoms with Crippen molar-refractivity contribution in [2.24, 2.45) is 11.3 Å². The lowest BCUT2D eigenvalue weighted by molar-refractivity contribution is 0.103. The zero-order valence-electron chi connectivity index (χ0n) is 11.4. The standard InChI is InChI=1S/C13H23BrN2O/c1-6-16-12(10(14)8-15-16)11(17)7-9(2)13(3,4)5/h8-9,11,17H,6-7H2,1-5H3. The molecule has 0 saturated carbocycles. The number of nitrogens with zero attached hydrogens (tertiary/aromatic N) is 2. The van der Waals surface area contributed by atoms with Gasteiger partial charge in [-0.05, 0) is 40.6 Å². The zero-order chi connectivity index (χ0) is 13.2. The molecule has 0 saturated heterocycles. The Morgan fingerprint density at radius 3 is 2.53 bits per heavy atom. The van der Waals surface area contributed by atoms with Crippen LogP contribution >= 0.6 is 15.9 Å². The average molecular weight is 303 g/mol. The molecule has 0 fully saturated rings. The lowest BCUT2D eigenvalue weighted by Crippen LogP contribution is -2.21. The van der Waals surface area contributed by atoms with Gasteiger partial charge in [-0.25, -0.2) is 0 Å². The normalized spacial score (nSPS) is 15.9. The Labute approximate surface area is 112 Å². The highest BCUT2D eigenvalue weighted by Gasteiger charge is 2.26. The Morgan fingerprint density at radius 2 is 2.06 bits per heavy atom. The van der Waals surface area contributed by atoms with Gasteiger partial charge in [0.1, 0.15) is 0 Å². The summed E-state index contributed by atoms with van der Waals surface area (Å²) in [6.07, 6.45) is 2.05. The third-order valence-electron chi connectivity index (χ3n) is 3.50. The summed E-state index contributed by atoms with van der Waals surface area (Å²) in [5.41, 5.74) is 1.11. The molecule has 0 aliphatic carbocycles. The van der Waals surface area contributed by atoms with Gasteiger partial charge in [0.25, 0.3) is 0 Å². The Hall–Kier alpha value is -0.350. The summed E-state index contributed by atoms with van der Waals surface area (Å²) in [4.78, 5) is 0. The molecule has 1 heterocycles. The van der Waals surface area contributed by atoms with Crippen LogP contribution in [0.3, 0.4) is 0 Å². The third kappa shape index (κ3) is 3.55. The van der Waals surface area contributed by atoms with E-state index in [1.165, 1.54) is 0 Å². The lowest BCUT2D eigenvalue weighted by atomic mass is 9.78. The Balaban J connectivity index is 2.83. The van der Waals surface area contributed by atoms with Crippen molar-refractivity contribution in [2.75, 3.05) is 0 Å². The van der Waals surface area contributed by atoms with Gasteiger partial charge in [-0.3, -0.25) is 4.68 Å². The Bertz CT molecular complexity index is 368. The molecule has 17 heavy (non-hydrogen) atoms. The van der Waals surface area contributed by atoms with E-state index in [2.05, 4.69) is 48.7 Å². The quantitative estimate of drug-likeness (QED) is 0.919. The number of aliphatic hydroxyl groups is 1. The average Bonchev–Trinajstić information content (AvgIpc) is 2.57. The minimum absolute atomic E-state index is 0.213. The fraction of sp³-hybridized carbons (Fsp3) is 0.769. The molecular weight excluding hydrogens is 280 g/mol. The molecule has 1 aromatic rings. The van der Waals surface area contributed by atoms with Gasteiger partial charge in [0.2, 0.25) is 0 Å². The largest absolute Gasteiger partial charge is 0.387 e. The molecule has 2 atom stereocenters. The van der Waals surface area contributed by atoms with Crippen molar-refractivity contribution in [1.29, 1.82) is 0 Å². The van der Waals surface area contributed by atoms with Gasteiger partial charge in [-0.15, -0.1) is 0 Å². The Kier molecular flexibility index (Phi) is 4.78. The summed E-state index contributed by atoms with van der Waals surface area (Å²) in [6.45, 7) is 11.6. The third-order valence-corrected chi connectivity index (χ3v) is 4.11. The smallest absolute Gasteiger partial charge is 0.0970 e. The maximum absolute atomic E-state index is 10.3. The van der Waals surface area contributed by atoms with Crippen molar-refractivity contribution in [3.05, 3.63) is 16.4 Å². The molecule has 1 rings (SSSR count). The predicted molar refractivity (Wildman–Crippen MR) is 73.8 cm³/mol. The molecule has 3 nitrogen and oxygen atoms in total. The van der Waals surface area contributed by atoms with E-state index in [4.69, 9.17) is 0 Å². The number of aromatic nitrogens is 2. The number of aliphatic hydroxyl groups excluding tert-OH is 1. The molecule has 2 unspecified atom stereocenters. The van der Waals surface area contributed by atoms with E-state index in [0.717, 1.165) is 23.1 Å². The van der Waals surface area contributed by atoms with Crippen LogP contribution in [0.2, 0.25) is 0 Å². The first kappa shape index (κ1) is 14.7. The highest BCUT2D eigenvalue weighted by atomic mass is 79.9. The molecule has 1 aromatic heterocycles. The topological polar surface area (TPSA) is 38.0 Å². The first-order valence-corrected chi connectivity index (χ1v) is 6.96. The van der Waals surface area contributed by atoms with E-state index in [-0.39, 0.29) is 5.41 Å². The minimum atomic E-state index is -0.457. The maximum atomic E-state index is 10.3. The Morgan fingerprint density at radius 1 is 1.47 bits per heavy atom. The molecule has 0 amide bonds. The van der Waals surface area contributed by atoms with Crippen molar-refractivity contribution >= 4 is 15.9 Å². The summed E-state index contributed by atoms with van der Waals surface area (Å²) in [5.74, 6) is 0.449. The monoisotopic (exact) mass is 302 g/mol. The predicted octanol–water partition coefficient (Wildman–Crippen LogP) is 3.77. The van der Waals surface area contributed by atoms with Crippen LogP contribution in [0.25, 0.3) is 0 Å². The zero-order valence-corrected chi connectivity index (χ0v) is 13.0. The van der Waals surface area contributed by atoms with Gasteiger partial charge >= 0.3 is 0 Å². The van der Waals surface area contributed by atoms with Crippen molar-refractivity contribution in [2.45, 2.75) is 53.7 Å². The molecule has 4 heteroatoms. The van der Waals surface area contributed by atoms with E-state index in [9.17, 15) is 5.11 Å². The summed E-state index contributed by atoms with van der Waals surface area (Å²) in [6, 6.07) is 0. The molecule has 0 aromatic carbocycles. The van der Waals surface area contributed by atoms with Crippen LogP contribution in [0.4, 0.5) is 0 Å². The molecule has 98 valence electrons. The van der Waals surface area contributed by atoms with Crippen molar-refractivity contribution in [1.82, 2.24) is 9.78 Å². The van der Waals surface area contributed by atoms with Crippen LogP contribution in [-0.2, 0) is 6.54 Å². The van der Waals surface area contributed by atoms with E-state index in [1.54, 1.807) is 6.20 Å². The maximum Gasteiger partial charge on any atom is 0.0970 e. The molecule has 0 aliphatic heterocycles. The van der Waals surface area contributed by atoms with Crippen LogP contribution < -0.4 is 0 Å². The van der Waals surface area contributed by atoms with Gasteiger partial charge in [0, 0.05) is 6.54 Å². The van der Waals surface area contributed by atoms with E-state index in [1.807, 2.05) is 11.6 Å². The number of hydrogen-bond donors (Lipinski definition) is 1. The highest BCUT2D eigenvalue weighted by Crippen LogP contribution is 2.35. The van der Waals surface area contributed by atoms with Crippen LogP contribution in [-0.4, -0.2) is 14.9 Å². The second-order valence-corrected chi connectivity index (χ2v) is 6.57. The minimum Gasteiger partial charge on any atom is -0.387 e. The number of rotatable bonds is 4. The molecule has 0 aliphatic rings. The summed E-state index contributed by atoms with van der Waals surface area (Å²) < 4.78 is 2.75. The van der Waals surface area contributed by atoms with E-state index >= 15 is 0 Å². The fourth-order valence-corrected chi connectivity index (χ4v) is 2.32. The molecule has 0 spiro atoms.